The normalized spacial score (nSPS) is 17.5. The molecule has 15 aromatic rings. The van der Waals surface area contributed by atoms with Gasteiger partial charge in [0.15, 0.2) is 102 Å². The summed E-state index contributed by atoms with van der Waals surface area (Å²) in [6, 6.07) is 35.7. The number of sulfone groups is 4. The van der Waals surface area contributed by atoms with Crippen LogP contribution in [-0.2, 0) is 123 Å². The highest BCUT2D eigenvalue weighted by Gasteiger charge is 2.36. The van der Waals surface area contributed by atoms with E-state index in [-0.39, 0.29) is 196 Å². The van der Waals surface area contributed by atoms with Crippen molar-refractivity contribution >= 4 is 118 Å². The third-order valence-corrected chi connectivity index (χ3v) is 31.2. The maximum Gasteiger partial charge on any atom is 0.264 e. The fraction of sp³-hybridized carbons (Fsp3) is 0.366. The number of aromatic nitrogens is 20. The van der Waals surface area contributed by atoms with Gasteiger partial charge < -0.3 is 14.6 Å². The molecule has 0 amide bonds. The first-order valence-electron chi connectivity index (χ1n) is 44.3. The zero-order chi connectivity index (χ0) is 96.8. The summed E-state index contributed by atoms with van der Waals surface area (Å²) in [7, 11) is -12.3. The summed E-state index contributed by atoms with van der Waals surface area (Å²) in [6.45, 7) is 8.67. The van der Waals surface area contributed by atoms with Crippen molar-refractivity contribution < 1.29 is 67.4 Å². The molecule has 4 unspecified atom stereocenters. The Kier molecular flexibility index (Phi) is 28.6. The van der Waals surface area contributed by atoms with Crippen molar-refractivity contribution in [3.8, 4) is 11.5 Å². The number of hydrogen-bond donors (Lipinski definition) is 1. The lowest BCUT2D eigenvalue weighted by molar-refractivity contribution is -0.120. The summed E-state index contributed by atoms with van der Waals surface area (Å²) in [5.41, 5.74) is 9.80. The number of ketones is 4. The van der Waals surface area contributed by atoms with Crippen molar-refractivity contribution in [3.05, 3.63) is 280 Å². The molecule has 0 bridgehead atoms. The van der Waals surface area contributed by atoms with Gasteiger partial charge in [-0.25, -0.2) is 82.0 Å². The van der Waals surface area contributed by atoms with Gasteiger partial charge in [0.1, 0.15) is 58.6 Å². The molecule has 44 heteroatoms. The molecular weight excluding hydrogens is 1850 g/mol. The highest BCUT2D eigenvalue weighted by molar-refractivity contribution is 7.92. The molecule has 15 heterocycles. The zero-order valence-corrected chi connectivity index (χ0v) is 78.5. The van der Waals surface area contributed by atoms with Crippen LogP contribution in [0, 0.1) is 27.7 Å². The molecule has 0 aliphatic carbocycles. The summed E-state index contributed by atoms with van der Waals surface area (Å²) in [6.07, 6.45) is 18.0. The van der Waals surface area contributed by atoms with E-state index in [2.05, 4.69) is 50.4 Å². The second kappa shape index (κ2) is 40.8. The average molecular weight is 1940 g/mol. The third kappa shape index (κ3) is 23.0. The van der Waals surface area contributed by atoms with Crippen molar-refractivity contribution in [1.29, 1.82) is 0 Å². The molecule has 5 aromatic carbocycles. The molecule has 0 radical (unpaired) electrons. The van der Waals surface area contributed by atoms with Gasteiger partial charge in [-0.15, -0.1) is 0 Å². The van der Waals surface area contributed by atoms with E-state index in [4.69, 9.17) is 14.6 Å². The SMILES string of the molecule is Cc1ccc(CC(=O)Cn2cnc3c(cnn3C3CCS(=O)(=O)C3)c2=O)cc1.Cc1ccc(CCC(=O)Cn2cnc3c(cnn3C3CCS(=O)(=O)C3)c2=O)cc1.Cc1cccc(CC(=O)Cn2cnc3c(cnn3C3CCS(=O)(=O)C3)c2=O)c1.Cc1cccc(Cn2cnc3c(cnn3CCO)c2=O)c1.O=C(CCc1ccc2c(c1)OCO2)Cn1cnc2c(cnn2C2CCS(=O)(=O)C2)c1=O. The summed E-state index contributed by atoms with van der Waals surface area (Å²) in [5.74, 6) is 1.47. The van der Waals surface area contributed by atoms with Gasteiger partial charge >= 0.3 is 0 Å². The van der Waals surface area contributed by atoms with Crippen LogP contribution in [0.1, 0.15) is 113 Å². The number of aliphatic hydroxyl groups excluding tert-OH is 1. The molecule has 40 nitrogen and oxygen atoms in total. The van der Waals surface area contributed by atoms with E-state index in [1.165, 1.54) is 110 Å². The number of carbonyl (C=O) groups excluding carboxylic acids is 4. The van der Waals surface area contributed by atoms with E-state index in [1.54, 1.807) is 4.57 Å². The molecule has 4 fully saturated rings. The first kappa shape index (κ1) is 96.0. The van der Waals surface area contributed by atoms with Gasteiger partial charge in [-0.2, -0.15) is 25.5 Å². The standard InChI is InChI=1S/C20H20N4O6S.C20H22N4O4S.2C19H20N4O4S.C15H16N4O2/c25-15(3-1-13-2-4-17-18(7-13)30-12-29-17)9-23-11-21-19-16(20(23)26)8-22-24(19)14-5-6-31(27,28)10-14;1-14-2-4-15(5-3-14)6-7-17(25)11-23-13-21-19-18(20(23)26)10-22-24(19)16-8-9-29(27,28)12-16;1-13-2-4-14(5-3-13)8-16(24)10-22-12-20-18-17(19(22)25)9-21-23(18)15-6-7-28(26,27)11-15;1-13-3-2-4-14(7-13)8-16(24)10-22-12-20-18-17(19(22)25)9-21-23(18)15-5-6-28(26,27)11-15;1-11-3-2-4-12(7-11)9-18-10-16-14-13(15(18)21)8-17-19(14)5-6-20/h2,4,7-8,11,14H,1,3,5-6,9-10,12H2;2-5,10,13,16H,6-9,11-12H2,1H3;2-5,9,12,15H,6-8,10-11H2,1H3;2-4,7,9,12,15H,5-6,8,10-11H2,1H3;2-4,7-8,10,20H,5-6,9H2,1H3. The lowest BCUT2D eigenvalue weighted by Gasteiger charge is -2.10. The summed E-state index contributed by atoms with van der Waals surface area (Å²) in [5, 5.41) is 31.5. The smallest absolute Gasteiger partial charge is 0.264 e. The van der Waals surface area contributed by atoms with E-state index in [0.717, 1.165) is 44.5 Å². The van der Waals surface area contributed by atoms with E-state index in [9.17, 15) is 76.8 Å². The lowest BCUT2D eigenvalue weighted by Crippen LogP contribution is -2.25. The zero-order valence-electron chi connectivity index (χ0n) is 75.2. The van der Waals surface area contributed by atoms with Crippen molar-refractivity contribution in [1.82, 2.24) is 96.7 Å². The Bertz CT molecular complexity index is 7990. The molecule has 5 aliphatic rings. The number of ether oxygens (including phenoxy) is 2. The van der Waals surface area contributed by atoms with Crippen LogP contribution in [0.25, 0.3) is 55.2 Å². The van der Waals surface area contributed by atoms with E-state index < -0.39 is 39.3 Å². The summed E-state index contributed by atoms with van der Waals surface area (Å²) >= 11 is 0. The van der Waals surface area contributed by atoms with Gasteiger partial charge in [-0.05, 0) is 106 Å². The number of nitrogens with zero attached hydrogens (tertiary/aromatic N) is 20. The van der Waals surface area contributed by atoms with Crippen molar-refractivity contribution in [2.75, 3.05) is 59.4 Å². The Labute approximate surface area is 782 Å². The third-order valence-electron chi connectivity index (χ3n) is 24.2. The maximum atomic E-state index is 12.8. The van der Waals surface area contributed by atoms with E-state index in [1.807, 2.05) is 143 Å². The van der Waals surface area contributed by atoms with Gasteiger partial charge in [0.2, 0.25) is 6.79 Å². The molecule has 20 rings (SSSR count). The van der Waals surface area contributed by atoms with E-state index in [0.29, 0.717) is 109 Å². The van der Waals surface area contributed by atoms with Crippen molar-refractivity contribution in [2.45, 2.75) is 155 Å². The molecule has 4 saturated heterocycles. The predicted octanol–water partition coefficient (Wildman–Crippen LogP) is 5.43. The fourth-order valence-corrected chi connectivity index (χ4v) is 23.8. The van der Waals surface area contributed by atoms with Crippen LogP contribution in [0.5, 0.6) is 11.5 Å². The molecule has 5 aliphatic heterocycles. The van der Waals surface area contributed by atoms with Crippen LogP contribution in [0.4, 0.5) is 0 Å². The lowest BCUT2D eigenvalue weighted by atomic mass is 10.1. The Morgan fingerprint density at radius 3 is 1.09 bits per heavy atom. The average Bonchev–Trinajstić information content (AvgIpc) is 1.65. The van der Waals surface area contributed by atoms with Crippen LogP contribution < -0.4 is 37.3 Å². The fourth-order valence-electron chi connectivity index (χ4n) is 17.1. The number of aliphatic hydroxyl groups is 1. The van der Waals surface area contributed by atoms with Gasteiger partial charge in [-0.1, -0.05) is 125 Å². The number of hydrogen-bond acceptors (Lipinski definition) is 30. The Hall–Kier alpha value is -14.1. The minimum absolute atomic E-state index is 0.00350. The molecule has 1 N–H and O–H groups in total. The highest BCUT2D eigenvalue weighted by atomic mass is 32.2. The van der Waals surface area contributed by atoms with Gasteiger partial charge in [0.25, 0.3) is 27.8 Å². The van der Waals surface area contributed by atoms with Crippen LogP contribution in [-0.4, -0.2) is 218 Å². The van der Waals surface area contributed by atoms with Crippen LogP contribution in [0.2, 0.25) is 0 Å². The number of carbonyl (C=O) groups is 4. The molecular formula is C93H98N20O20S4. The Morgan fingerprint density at radius 2 is 0.693 bits per heavy atom. The number of rotatable bonds is 26. The Morgan fingerprint density at radius 1 is 0.358 bits per heavy atom. The minimum Gasteiger partial charge on any atom is -0.454 e. The maximum absolute atomic E-state index is 12.8. The summed E-state index contributed by atoms with van der Waals surface area (Å²) < 4.78 is 119. The van der Waals surface area contributed by atoms with Crippen LogP contribution >= 0.6 is 0 Å². The van der Waals surface area contributed by atoms with Gasteiger partial charge in [0, 0.05) is 25.7 Å². The quantitative estimate of drug-likeness (QED) is 0.0705. The second-order valence-corrected chi connectivity index (χ2v) is 43.8. The van der Waals surface area contributed by atoms with Gasteiger partial charge in [-0.3, -0.25) is 66.0 Å². The molecule has 4 atom stereocenters. The molecule has 0 spiro atoms. The van der Waals surface area contributed by atoms with Crippen LogP contribution in [0.15, 0.2) is 202 Å². The first-order chi connectivity index (χ1) is 65.5. The van der Waals surface area contributed by atoms with E-state index >= 15 is 0 Å². The van der Waals surface area contributed by atoms with Crippen molar-refractivity contribution in [3.63, 3.8) is 0 Å². The number of Topliss-reactive ketones (excluding diaryl/α,β-unsaturated/α-hetero) is 4. The Balaban J connectivity index is 0.000000125. The first-order valence-corrected chi connectivity index (χ1v) is 51.6. The predicted molar refractivity (Wildman–Crippen MR) is 506 cm³/mol. The topological polar surface area (TPSA) is 507 Å². The number of fused-ring (bicyclic) bond motifs is 6. The largest absolute Gasteiger partial charge is 0.454 e. The molecule has 137 heavy (non-hydrogen) atoms. The number of aryl methyl sites for hydroxylation is 6. The number of benzene rings is 5. The van der Waals surface area contributed by atoms with Crippen LogP contribution in [0.3, 0.4) is 0 Å². The highest BCUT2D eigenvalue weighted by Crippen LogP contribution is 2.34. The second-order valence-electron chi connectivity index (χ2n) is 34.9. The molecule has 0 saturated carbocycles. The van der Waals surface area contributed by atoms with Crippen molar-refractivity contribution in [2.24, 2.45) is 0 Å². The van der Waals surface area contributed by atoms with Gasteiger partial charge in [0.05, 0.1) is 147 Å². The minimum atomic E-state index is -3.09. The summed E-state index contributed by atoms with van der Waals surface area (Å²) in [4.78, 5) is 134. The monoisotopic (exact) mass is 1940 g/mol. The molecule has 714 valence electrons. The molecule has 10 aromatic heterocycles.